The van der Waals surface area contributed by atoms with Crippen molar-refractivity contribution in [2.24, 2.45) is 5.73 Å². The van der Waals surface area contributed by atoms with Crippen molar-refractivity contribution in [3.05, 3.63) is 29.6 Å². The van der Waals surface area contributed by atoms with E-state index < -0.39 is 29.4 Å². The van der Waals surface area contributed by atoms with Crippen LogP contribution in [-0.2, 0) is 22.9 Å². The molecule has 1 aromatic carbocycles. The van der Waals surface area contributed by atoms with Crippen LogP contribution in [-0.4, -0.2) is 65.5 Å². The van der Waals surface area contributed by atoms with Gasteiger partial charge in [0.25, 0.3) is 0 Å². The van der Waals surface area contributed by atoms with Gasteiger partial charge >= 0.3 is 6.09 Å². The number of amides is 1. The summed E-state index contributed by atoms with van der Waals surface area (Å²) in [5.74, 6) is -1.01. The molecule has 0 aliphatic carbocycles. The molecule has 11 heteroatoms. The molecular weight excluding hydrogens is 363 g/mol. The number of hydrogen-bond donors (Lipinski definition) is 3. The number of alkyl carbamates (subject to hydrolysis) is 1. The van der Waals surface area contributed by atoms with Gasteiger partial charge in [-0.1, -0.05) is 12.1 Å². The number of halogens is 1. The number of piperazine rings is 1. The van der Waals surface area contributed by atoms with Crippen LogP contribution in [0.5, 0.6) is 0 Å². The summed E-state index contributed by atoms with van der Waals surface area (Å²) in [6.45, 7) is 1.89. The van der Waals surface area contributed by atoms with Crippen molar-refractivity contribution < 1.29 is 18.5 Å². The number of ether oxygens (including phenoxy) is 1. The Morgan fingerprint density at radius 3 is 2.65 bits per heavy atom. The Labute approximate surface area is 154 Å². The molecule has 144 valence electrons. The molecule has 0 spiro atoms. The van der Waals surface area contributed by atoms with Crippen molar-refractivity contribution in [2.75, 3.05) is 45.2 Å². The van der Waals surface area contributed by atoms with Crippen LogP contribution in [0.2, 0.25) is 0 Å². The number of nitrogens with two attached hydrogens (primary N) is 1. The van der Waals surface area contributed by atoms with E-state index in [0.717, 1.165) is 0 Å². The van der Waals surface area contributed by atoms with Gasteiger partial charge in [-0.25, -0.2) is 9.18 Å². The topological polar surface area (TPSA) is 121 Å². The standard InChI is InChI=1S/C15H23FN6O3S/c1-20(2)26(24)22-8-6-21(7-9-22)12-5-3-4-11(13(12)16)10-25-15(23)19-14(17)18/h3-5H,6-10H2,1-2H3,(H4,17,18,19,23). The third-order valence-corrected chi connectivity index (χ3v) is 5.20. The smallest absolute Gasteiger partial charge is 0.414 e. The second kappa shape index (κ2) is 9.03. The highest BCUT2D eigenvalue weighted by atomic mass is 32.2. The lowest BCUT2D eigenvalue weighted by Gasteiger charge is -2.36. The number of carbonyl (C=O) groups is 1. The number of nitrogens with one attached hydrogen (secondary N) is 2. The van der Waals surface area contributed by atoms with Gasteiger partial charge in [-0.2, -0.15) is 0 Å². The predicted octanol–water partition coefficient (Wildman–Crippen LogP) is 0.208. The Morgan fingerprint density at radius 1 is 1.42 bits per heavy atom. The molecule has 0 saturated carbocycles. The third kappa shape index (κ3) is 5.21. The molecule has 1 amide bonds. The first-order valence-corrected chi connectivity index (χ1v) is 9.00. The summed E-state index contributed by atoms with van der Waals surface area (Å²) < 4.78 is 35.1. The molecule has 1 aromatic rings. The zero-order chi connectivity index (χ0) is 19.3. The van der Waals surface area contributed by atoms with Crippen molar-refractivity contribution in [3.63, 3.8) is 0 Å². The van der Waals surface area contributed by atoms with E-state index in [1.165, 1.54) is 6.07 Å². The maximum Gasteiger partial charge on any atom is 0.414 e. The van der Waals surface area contributed by atoms with E-state index in [-0.39, 0.29) is 12.2 Å². The first-order chi connectivity index (χ1) is 12.3. The van der Waals surface area contributed by atoms with Gasteiger partial charge in [0, 0.05) is 32.7 Å². The summed E-state index contributed by atoms with van der Waals surface area (Å²) in [6, 6.07) is 4.87. The third-order valence-electron chi connectivity index (χ3n) is 3.77. The SMILES string of the molecule is CN(C)[S+]([O-])N1CCN(c2cccc(COC(=O)NC(=N)N)c2F)CC1. The van der Waals surface area contributed by atoms with E-state index in [9.17, 15) is 13.7 Å². The number of rotatable bonds is 5. The van der Waals surface area contributed by atoms with E-state index >= 15 is 0 Å². The number of benzene rings is 1. The molecule has 26 heavy (non-hydrogen) atoms. The van der Waals surface area contributed by atoms with Gasteiger partial charge in [0.2, 0.25) is 0 Å². The van der Waals surface area contributed by atoms with Gasteiger partial charge in [-0.15, -0.1) is 8.61 Å². The minimum atomic E-state index is -1.20. The van der Waals surface area contributed by atoms with Crippen molar-refractivity contribution in [3.8, 4) is 0 Å². The van der Waals surface area contributed by atoms with Gasteiger partial charge in [0.1, 0.15) is 18.2 Å². The van der Waals surface area contributed by atoms with Crippen molar-refractivity contribution in [2.45, 2.75) is 6.61 Å². The van der Waals surface area contributed by atoms with Crippen molar-refractivity contribution in [1.82, 2.24) is 13.9 Å². The van der Waals surface area contributed by atoms with Crippen LogP contribution in [0, 0.1) is 11.2 Å². The Kier molecular flexibility index (Phi) is 7.03. The molecule has 1 unspecified atom stereocenters. The van der Waals surface area contributed by atoms with Crippen LogP contribution in [0.3, 0.4) is 0 Å². The molecule has 0 aromatic heterocycles. The summed E-state index contributed by atoms with van der Waals surface area (Å²) in [4.78, 5) is 13.2. The Balaban J connectivity index is 1.99. The zero-order valence-corrected chi connectivity index (χ0v) is 15.5. The summed E-state index contributed by atoms with van der Waals surface area (Å²) >= 11 is -1.20. The molecule has 1 saturated heterocycles. The largest absolute Gasteiger partial charge is 0.578 e. The van der Waals surface area contributed by atoms with Crippen LogP contribution in [0.15, 0.2) is 18.2 Å². The number of anilines is 1. The quantitative estimate of drug-likeness (QED) is 0.376. The van der Waals surface area contributed by atoms with E-state index in [1.807, 2.05) is 14.5 Å². The molecule has 1 atom stereocenters. The second-order valence-corrected chi connectivity index (χ2v) is 7.53. The highest BCUT2D eigenvalue weighted by Gasteiger charge is 2.29. The van der Waals surface area contributed by atoms with Crippen LogP contribution in [0.25, 0.3) is 0 Å². The van der Waals surface area contributed by atoms with Crippen LogP contribution in [0.1, 0.15) is 5.56 Å². The number of nitrogens with zero attached hydrogens (tertiary/aromatic N) is 3. The zero-order valence-electron chi connectivity index (χ0n) is 14.7. The molecule has 1 aliphatic rings. The maximum absolute atomic E-state index is 14.8. The fourth-order valence-corrected chi connectivity index (χ4v) is 3.46. The molecule has 4 N–H and O–H groups in total. The summed E-state index contributed by atoms with van der Waals surface area (Å²) in [5, 5.41) is 8.91. The Hall–Kier alpha value is -2.08. The van der Waals surface area contributed by atoms with Gasteiger partial charge < -0.3 is 19.9 Å². The summed E-state index contributed by atoms with van der Waals surface area (Å²) in [5.41, 5.74) is 5.66. The lowest BCUT2D eigenvalue weighted by Crippen LogP contribution is -2.51. The maximum atomic E-state index is 14.8. The van der Waals surface area contributed by atoms with Gasteiger partial charge in [-0.3, -0.25) is 10.7 Å². The molecular formula is C15H23FN6O3S. The van der Waals surface area contributed by atoms with E-state index in [4.69, 9.17) is 15.9 Å². The average Bonchev–Trinajstić information content (AvgIpc) is 2.59. The molecule has 0 radical (unpaired) electrons. The lowest BCUT2D eigenvalue weighted by molar-refractivity contribution is 0.143. The van der Waals surface area contributed by atoms with Crippen molar-refractivity contribution >= 4 is 29.3 Å². The Bertz CT molecular complexity index is 654. The monoisotopic (exact) mass is 386 g/mol. The number of guanidine groups is 1. The molecule has 9 nitrogen and oxygen atoms in total. The first-order valence-electron chi connectivity index (χ1n) is 7.94. The Morgan fingerprint density at radius 2 is 2.08 bits per heavy atom. The van der Waals surface area contributed by atoms with Gasteiger partial charge in [0.15, 0.2) is 11.8 Å². The first kappa shape index (κ1) is 20.2. The molecule has 1 fully saturated rings. The average molecular weight is 386 g/mol. The normalized spacial score (nSPS) is 16.4. The van der Waals surface area contributed by atoms with Crippen LogP contribution in [0.4, 0.5) is 14.9 Å². The van der Waals surface area contributed by atoms with Crippen molar-refractivity contribution in [1.29, 1.82) is 5.41 Å². The van der Waals surface area contributed by atoms with Gasteiger partial charge in [0.05, 0.1) is 18.8 Å². The fraction of sp³-hybridized carbons (Fsp3) is 0.467. The lowest BCUT2D eigenvalue weighted by atomic mass is 10.1. The predicted molar refractivity (Wildman–Crippen MR) is 97.3 cm³/mol. The molecule has 1 aliphatic heterocycles. The van der Waals surface area contributed by atoms with Crippen LogP contribution < -0.4 is 16.0 Å². The molecule has 0 bridgehead atoms. The van der Waals surface area contributed by atoms with E-state index in [1.54, 1.807) is 30.5 Å². The van der Waals surface area contributed by atoms with E-state index in [2.05, 4.69) is 0 Å². The summed E-state index contributed by atoms with van der Waals surface area (Å²) in [7, 11) is 3.49. The van der Waals surface area contributed by atoms with Crippen LogP contribution >= 0.6 is 0 Å². The number of hydrogen-bond acceptors (Lipinski definition) is 7. The fourth-order valence-electron chi connectivity index (χ4n) is 2.53. The highest BCUT2D eigenvalue weighted by molar-refractivity contribution is 7.86. The van der Waals surface area contributed by atoms with Gasteiger partial charge in [-0.05, 0) is 6.07 Å². The molecule has 2 rings (SSSR count). The molecule has 1 heterocycles. The second-order valence-electron chi connectivity index (χ2n) is 5.82. The van der Waals surface area contributed by atoms with E-state index in [0.29, 0.717) is 31.9 Å². The number of carbonyl (C=O) groups excluding carboxylic acids is 1. The summed E-state index contributed by atoms with van der Waals surface area (Å²) in [6.07, 6.45) is -0.915. The minimum Gasteiger partial charge on any atom is -0.578 e. The minimum absolute atomic E-state index is 0.223. The highest BCUT2D eigenvalue weighted by Crippen LogP contribution is 2.25.